The van der Waals surface area contributed by atoms with E-state index >= 15 is 0 Å². The van der Waals surface area contributed by atoms with Gasteiger partial charge in [-0.2, -0.15) is 0 Å². The molecule has 0 saturated carbocycles. The van der Waals surface area contributed by atoms with Crippen LogP contribution in [0.15, 0.2) is 11.6 Å². The van der Waals surface area contributed by atoms with Gasteiger partial charge in [0.05, 0.1) is 0 Å². The van der Waals surface area contributed by atoms with Gasteiger partial charge < -0.3 is 10.4 Å². The van der Waals surface area contributed by atoms with Crippen LogP contribution in [0, 0.1) is 0 Å². The van der Waals surface area contributed by atoms with Gasteiger partial charge in [0.25, 0.3) is 0 Å². The van der Waals surface area contributed by atoms with Gasteiger partial charge in [0.1, 0.15) is 5.01 Å². The van der Waals surface area contributed by atoms with E-state index in [1.165, 1.54) is 0 Å². The van der Waals surface area contributed by atoms with E-state index in [0.29, 0.717) is 0 Å². The Morgan fingerprint density at radius 3 is 2.38 bits per heavy atom. The van der Waals surface area contributed by atoms with Gasteiger partial charge in [-0.15, -0.1) is 11.3 Å². The lowest BCUT2D eigenvalue weighted by molar-refractivity contribution is 0.318. The molecule has 4 heteroatoms. The van der Waals surface area contributed by atoms with Gasteiger partial charge in [0.15, 0.2) is 0 Å². The molecular formula is C9H20N2OS. The Morgan fingerprint density at radius 1 is 1.54 bits per heavy atom. The van der Waals surface area contributed by atoms with Crippen LogP contribution in [-0.2, 0) is 6.54 Å². The van der Waals surface area contributed by atoms with E-state index in [2.05, 4.69) is 10.3 Å². The standard InChI is InChI=1S/C5H8N2S.C2H6O.C2H6/c1-6-4-5-7-2-3-8-5;1-2-3;1-2/h2-3,6H,4H2,1H3;3H,2H2,1H3;1-2H3. The van der Waals surface area contributed by atoms with Crippen molar-refractivity contribution >= 4 is 11.3 Å². The van der Waals surface area contributed by atoms with Crippen LogP contribution in [-0.4, -0.2) is 23.7 Å². The van der Waals surface area contributed by atoms with Crippen LogP contribution in [0.1, 0.15) is 25.8 Å². The van der Waals surface area contributed by atoms with Crippen molar-refractivity contribution in [3.05, 3.63) is 16.6 Å². The molecule has 0 aliphatic rings. The summed E-state index contributed by atoms with van der Waals surface area (Å²) in [5.41, 5.74) is 0. The van der Waals surface area contributed by atoms with E-state index in [1.807, 2.05) is 32.5 Å². The first-order chi connectivity index (χ1) is 6.35. The van der Waals surface area contributed by atoms with Crippen LogP contribution >= 0.6 is 11.3 Å². The zero-order valence-corrected chi connectivity index (χ0v) is 9.69. The molecule has 1 aromatic heterocycles. The summed E-state index contributed by atoms with van der Waals surface area (Å²) in [6.07, 6.45) is 1.82. The quantitative estimate of drug-likeness (QED) is 0.773. The number of nitrogens with one attached hydrogen (secondary N) is 1. The molecule has 0 atom stereocenters. The zero-order chi connectivity index (χ0) is 10.5. The summed E-state index contributed by atoms with van der Waals surface area (Å²) >= 11 is 1.67. The molecule has 3 nitrogen and oxygen atoms in total. The number of aliphatic hydroxyl groups is 1. The number of nitrogens with zero attached hydrogens (tertiary/aromatic N) is 1. The smallest absolute Gasteiger partial charge is 0.106 e. The first-order valence-electron chi connectivity index (χ1n) is 4.49. The first-order valence-corrected chi connectivity index (χ1v) is 5.37. The second kappa shape index (κ2) is 14.1. The fraction of sp³-hybridized carbons (Fsp3) is 0.667. The average Bonchev–Trinajstić information content (AvgIpc) is 2.63. The Labute approximate surface area is 84.8 Å². The molecule has 1 rings (SSSR count). The topological polar surface area (TPSA) is 45.1 Å². The van der Waals surface area contributed by atoms with Crippen molar-refractivity contribution in [2.45, 2.75) is 27.3 Å². The molecule has 0 amide bonds. The normalized spacial score (nSPS) is 7.77. The molecule has 0 unspecified atom stereocenters. The number of hydrogen-bond acceptors (Lipinski definition) is 4. The van der Waals surface area contributed by atoms with Gasteiger partial charge in [-0.1, -0.05) is 13.8 Å². The van der Waals surface area contributed by atoms with Gasteiger partial charge >= 0.3 is 0 Å². The van der Waals surface area contributed by atoms with E-state index in [9.17, 15) is 0 Å². The molecular weight excluding hydrogens is 184 g/mol. The second-order valence-electron chi connectivity index (χ2n) is 1.77. The van der Waals surface area contributed by atoms with Gasteiger partial charge in [-0.3, -0.25) is 0 Å². The summed E-state index contributed by atoms with van der Waals surface area (Å²) in [5, 5.41) is 13.7. The van der Waals surface area contributed by atoms with Gasteiger partial charge in [0.2, 0.25) is 0 Å². The summed E-state index contributed by atoms with van der Waals surface area (Å²) in [6, 6.07) is 0. The van der Waals surface area contributed by atoms with Crippen molar-refractivity contribution in [1.29, 1.82) is 0 Å². The first kappa shape index (κ1) is 15.0. The van der Waals surface area contributed by atoms with E-state index in [-0.39, 0.29) is 6.61 Å². The molecule has 0 spiro atoms. The van der Waals surface area contributed by atoms with Crippen LogP contribution in [0.4, 0.5) is 0 Å². The SMILES string of the molecule is CC.CCO.CNCc1nccs1. The third kappa shape index (κ3) is 11.5. The third-order valence-corrected chi connectivity index (χ3v) is 1.59. The Hall–Kier alpha value is -0.450. The molecule has 1 aromatic rings. The van der Waals surface area contributed by atoms with Crippen molar-refractivity contribution in [3.63, 3.8) is 0 Å². The van der Waals surface area contributed by atoms with E-state index in [0.717, 1.165) is 11.6 Å². The molecule has 0 radical (unpaired) electrons. The Balaban J connectivity index is 0. The van der Waals surface area contributed by atoms with E-state index in [1.54, 1.807) is 18.3 Å². The monoisotopic (exact) mass is 204 g/mol. The minimum Gasteiger partial charge on any atom is -0.397 e. The predicted molar refractivity (Wildman–Crippen MR) is 59.0 cm³/mol. The number of aliphatic hydroxyl groups excluding tert-OH is 1. The maximum atomic E-state index is 7.57. The highest BCUT2D eigenvalue weighted by Crippen LogP contribution is 2.01. The molecule has 1 heterocycles. The largest absolute Gasteiger partial charge is 0.397 e. The van der Waals surface area contributed by atoms with Crippen molar-refractivity contribution in [2.24, 2.45) is 0 Å². The van der Waals surface area contributed by atoms with Crippen LogP contribution in [0.5, 0.6) is 0 Å². The molecule has 78 valence electrons. The second-order valence-corrected chi connectivity index (χ2v) is 2.75. The number of aromatic nitrogens is 1. The fourth-order valence-electron chi connectivity index (χ4n) is 0.491. The summed E-state index contributed by atoms with van der Waals surface area (Å²) in [6.45, 7) is 6.82. The Morgan fingerprint density at radius 2 is 2.08 bits per heavy atom. The minimum absolute atomic E-state index is 0.250. The van der Waals surface area contributed by atoms with Crippen LogP contribution in [0.3, 0.4) is 0 Å². The highest BCUT2D eigenvalue weighted by molar-refractivity contribution is 7.09. The van der Waals surface area contributed by atoms with Crippen molar-refractivity contribution < 1.29 is 5.11 Å². The molecule has 0 aromatic carbocycles. The predicted octanol–water partition coefficient (Wildman–Crippen LogP) is 1.89. The lowest BCUT2D eigenvalue weighted by atomic mass is 10.7. The molecule has 0 aliphatic carbocycles. The summed E-state index contributed by atoms with van der Waals surface area (Å²) in [5.74, 6) is 0. The van der Waals surface area contributed by atoms with Crippen LogP contribution in [0.2, 0.25) is 0 Å². The Kier molecular flexibility index (Phi) is 16.3. The van der Waals surface area contributed by atoms with E-state index in [4.69, 9.17) is 5.11 Å². The maximum Gasteiger partial charge on any atom is 0.106 e. The number of hydrogen-bond donors (Lipinski definition) is 2. The average molecular weight is 204 g/mol. The fourth-order valence-corrected chi connectivity index (χ4v) is 1.12. The highest BCUT2D eigenvalue weighted by Gasteiger charge is 1.88. The maximum absolute atomic E-state index is 7.57. The number of thiazole rings is 1. The highest BCUT2D eigenvalue weighted by atomic mass is 32.1. The van der Waals surface area contributed by atoms with Crippen molar-refractivity contribution in [2.75, 3.05) is 13.7 Å². The lowest BCUT2D eigenvalue weighted by Gasteiger charge is -1.87. The van der Waals surface area contributed by atoms with E-state index < -0.39 is 0 Å². The molecule has 0 bridgehead atoms. The molecule has 2 N–H and O–H groups in total. The minimum atomic E-state index is 0.250. The summed E-state index contributed by atoms with van der Waals surface area (Å²) in [7, 11) is 1.92. The molecule has 13 heavy (non-hydrogen) atoms. The molecule has 0 saturated heterocycles. The number of rotatable bonds is 2. The van der Waals surface area contributed by atoms with Crippen LogP contribution < -0.4 is 5.32 Å². The third-order valence-electron chi connectivity index (χ3n) is 0.811. The van der Waals surface area contributed by atoms with Crippen LogP contribution in [0.25, 0.3) is 0 Å². The van der Waals surface area contributed by atoms with Crippen molar-refractivity contribution in [3.8, 4) is 0 Å². The zero-order valence-electron chi connectivity index (χ0n) is 8.87. The molecule has 0 fully saturated rings. The van der Waals surface area contributed by atoms with Crippen molar-refractivity contribution in [1.82, 2.24) is 10.3 Å². The summed E-state index contributed by atoms with van der Waals surface area (Å²) < 4.78 is 0. The lowest BCUT2D eigenvalue weighted by Crippen LogP contribution is -2.03. The summed E-state index contributed by atoms with van der Waals surface area (Å²) in [4.78, 5) is 4.06. The molecule has 0 aliphatic heterocycles. The van der Waals surface area contributed by atoms with Gasteiger partial charge in [-0.25, -0.2) is 4.98 Å². The Bertz CT molecular complexity index is 155. The van der Waals surface area contributed by atoms with Gasteiger partial charge in [-0.05, 0) is 14.0 Å². The van der Waals surface area contributed by atoms with Gasteiger partial charge in [0, 0.05) is 24.7 Å².